The molecular weight excluding hydrogens is 464 g/mol. The lowest BCUT2D eigenvalue weighted by molar-refractivity contribution is 0.901. The molecule has 0 saturated heterocycles. The van der Waals surface area contributed by atoms with E-state index in [1.807, 2.05) is 0 Å². The molecule has 0 amide bonds. The van der Waals surface area contributed by atoms with Gasteiger partial charge in [0, 0.05) is 0 Å². The van der Waals surface area contributed by atoms with E-state index in [9.17, 15) is 0 Å². The molecule has 0 heterocycles. The molecule has 16 heavy (non-hydrogen) atoms. The molecule has 0 aliphatic heterocycles. The van der Waals surface area contributed by atoms with Crippen LogP contribution in [0, 0.1) is 0 Å². The SMILES string of the molecule is BrC(Br)CCc1ccc(CCC(Br)Br)cc1. The Morgan fingerprint density at radius 3 is 1.25 bits per heavy atom. The lowest BCUT2D eigenvalue weighted by atomic mass is 10.1. The summed E-state index contributed by atoms with van der Waals surface area (Å²) in [6.07, 6.45) is 4.45. The average molecular weight is 478 g/mol. The molecule has 0 fully saturated rings. The van der Waals surface area contributed by atoms with Gasteiger partial charge in [-0.3, -0.25) is 0 Å². The Kier molecular flexibility index (Phi) is 7.86. The lowest BCUT2D eigenvalue weighted by Gasteiger charge is -2.05. The van der Waals surface area contributed by atoms with Crippen LogP contribution in [0.2, 0.25) is 0 Å². The quantitative estimate of drug-likeness (QED) is 0.455. The van der Waals surface area contributed by atoms with Gasteiger partial charge in [-0.25, -0.2) is 0 Å². The van der Waals surface area contributed by atoms with Gasteiger partial charge in [0.15, 0.2) is 0 Å². The summed E-state index contributed by atoms with van der Waals surface area (Å²) >= 11 is 14.0. The summed E-state index contributed by atoms with van der Waals surface area (Å²) in [5.41, 5.74) is 2.81. The Balaban J connectivity index is 2.41. The standard InChI is InChI=1S/C12H14Br4/c13-11(14)7-5-9-1-2-10(4-3-9)6-8-12(15)16/h1-4,11-12H,5-8H2. The highest BCUT2D eigenvalue weighted by Gasteiger charge is 2.01. The normalized spacial score (nSPS) is 11.4. The zero-order valence-electron chi connectivity index (χ0n) is 8.80. The topological polar surface area (TPSA) is 0 Å². The van der Waals surface area contributed by atoms with E-state index < -0.39 is 0 Å². The van der Waals surface area contributed by atoms with Crippen molar-refractivity contribution in [3.63, 3.8) is 0 Å². The third kappa shape index (κ3) is 6.77. The summed E-state index contributed by atoms with van der Waals surface area (Å²) in [5.74, 6) is 0. The van der Waals surface area contributed by atoms with Crippen LogP contribution in [-0.2, 0) is 12.8 Å². The maximum absolute atomic E-state index is 3.49. The number of hydrogen-bond acceptors (Lipinski definition) is 0. The van der Waals surface area contributed by atoms with Crippen molar-refractivity contribution in [1.29, 1.82) is 0 Å². The van der Waals surface area contributed by atoms with Crippen LogP contribution in [0.5, 0.6) is 0 Å². The van der Waals surface area contributed by atoms with Gasteiger partial charge in [-0.2, -0.15) is 0 Å². The first kappa shape index (κ1) is 15.2. The molecule has 0 saturated carbocycles. The Hall–Kier alpha value is 1.14. The van der Waals surface area contributed by atoms with Crippen LogP contribution in [0.15, 0.2) is 24.3 Å². The van der Waals surface area contributed by atoms with E-state index in [4.69, 9.17) is 0 Å². The monoisotopic (exact) mass is 474 g/mol. The van der Waals surface area contributed by atoms with Crippen molar-refractivity contribution in [2.24, 2.45) is 0 Å². The second kappa shape index (κ2) is 8.28. The van der Waals surface area contributed by atoms with E-state index in [0.717, 1.165) is 25.7 Å². The molecule has 0 aliphatic carbocycles. The van der Waals surface area contributed by atoms with E-state index in [1.54, 1.807) is 0 Å². The molecule has 90 valence electrons. The van der Waals surface area contributed by atoms with Crippen molar-refractivity contribution in [3.8, 4) is 0 Å². The predicted octanol–water partition coefficient (Wildman–Crippen LogP) is 5.78. The van der Waals surface area contributed by atoms with Crippen molar-refractivity contribution >= 4 is 63.7 Å². The summed E-state index contributed by atoms with van der Waals surface area (Å²) in [6, 6.07) is 8.93. The van der Waals surface area contributed by atoms with Crippen molar-refractivity contribution in [3.05, 3.63) is 35.4 Å². The highest BCUT2D eigenvalue weighted by Crippen LogP contribution is 2.18. The molecule has 0 spiro atoms. The van der Waals surface area contributed by atoms with E-state index in [-0.39, 0.29) is 0 Å². The van der Waals surface area contributed by atoms with Crippen molar-refractivity contribution < 1.29 is 0 Å². The Bertz CT molecular complexity index is 261. The van der Waals surface area contributed by atoms with Gasteiger partial charge in [-0.05, 0) is 36.8 Å². The van der Waals surface area contributed by atoms with Crippen LogP contribution >= 0.6 is 63.7 Å². The van der Waals surface area contributed by atoms with Crippen molar-refractivity contribution in [1.82, 2.24) is 0 Å². The van der Waals surface area contributed by atoms with E-state index in [2.05, 4.69) is 88.0 Å². The molecule has 0 N–H and O–H groups in total. The Morgan fingerprint density at radius 2 is 1.00 bits per heavy atom. The summed E-state index contributed by atoms with van der Waals surface area (Å²) < 4.78 is 0.837. The van der Waals surface area contributed by atoms with Gasteiger partial charge in [0.05, 0.1) is 7.47 Å². The van der Waals surface area contributed by atoms with Crippen molar-refractivity contribution in [2.45, 2.75) is 33.2 Å². The van der Waals surface area contributed by atoms with Crippen LogP contribution in [0.1, 0.15) is 24.0 Å². The lowest BCUT2D eigenvalue weighted by Crippen LogP contribution is -1.94. The fraction of sp³-hybridized carbons (Fsp3) is 0.500. The molecular formula is C12H14Br4. The molecule has 0 aromatic heterocycles. The highest BCUT2D eigenvalue weighted by atomic mass is 79.9. The number of hydrogen-bond donors (Lipinski definition) is 0. The fourth-order valence-corrected chi connectivity index (χ4v) is 2.34. The molecule has 4 heteroatoms. The number of halogens is 4. The van der Waals surface area contributed by atoms with E-state index >= 15 is 0 Å². The highest BCUT2D eigenvalue weighted by molar-refractivity contribution is 9.25. The number of alkyl halides is 4. The zero-order valence-corrected chi connectivity index (χ0v) is 15.1. The van der Waals surface area contributed by atoms with E-state index in [0.29, 0.717) is 7.47 Å². The second-order valence-electron chi connectivity index (χ2n) is 3.68. The Labute approximate surface area is 131 Å². The van der Waals surface area contributed by atoms with Gasteiger partial charge in [0.25, 0.3) is 0 Å². The van der Waals surface area contributed by atoms with Gasteiger partial charge in [0.2, 0.25) is 0 Å². The number of benzene rings is 1. The molecule has 0 bridgehead atoms. The summed E-state index contributed by atoms with van der Waals surface area (Å²) in [7, 11) is 0. The first-order valence-corrected chi connectivity index (χ1v) is 8.88. The van der Waals surface area contributed by atoms with Crippen molar-refractivity contribution in [2.75, 3.05) is 0 Å². The summed E-state index contributed by atoms with van der Waals surface area (Å²) in [6.45, 7) is 0. The third-order valence-electron chi connectivity index (χ3n) is 2.33. The van der Waals surface area contributed by atoms with Crippen LogP contribution in [0.25, 0.3) is 0 Å². The summed E-state index contributed by atoms with van der Waals surface area (Å²) in [5, 5.41) is 0. The molecule has 1 aromatic carbocycles. The van der Waals surface area contributed by atoms with Gasteiger partial charge in [-0.1, -0.05) is 88.0 Å². The maximum Gasteiger partial charge on any atom is 0.0701 e. The number of rotatable bonds is 6. The smallest absolute Gasteiger partial charge is 0.0701 e. The summed E-state index contributed by atoms with van der Waals surface area (Å²) in [4.78, 5) is 0. The van der Waals surface area contributed by atoms with Gasteiger partial charge < -0.3 is 0 Å². The number of aryl methyl sites for hydroxylation is 2. The predicted molar refractivity (Wildman–Crippen MR) is 86.4 cm³/mol. The first-order valence-electron chi connectivity index (χ1n) is 5.22. The van der Waals surface area contributed by atoms with Crippen LogP contribution in [0.3, 0.4) is 0 Å². The minimum Gasteiger partial charge on any atom is -0.0765 e. The molecule has 0 atom stereocenters. The van der Waals surface area contributed by atoms with Crippen LogP contribution in [0.4, 0.5) is 0 Å². The molecule has 1 aromatic rings. The van der Waals surface area contributed by atoms with Gasteiger partial charge in [-0.15, -0.1) is 0 Å². The van der Waals surface area contributed by atoms with Crippen LogP contribution in [-0.4, -0.2) is 7.47 Å². The molecule has 0 unspecified atom stereocenters. The maximum atomic E-state index is 3.49. The van der Waals surface area contributed by atoms with Crippen LogP contribution < -0.4 is 0 Å². The van der Waals surface area contributed by atoms with E-state index in [1.165, 1.54) is 11.1 Å². The van der Waals surface area contributed by atoms with Gasteiger partial charge in [0.1, 0.15) is 0 Å². The zero-order chi connectivity index (χ0) is 12.0. The minimum absolute atomic E-state index is 0.419. The molecule has 0 radical (unpaired) electrons. The largest absolute Gasteiger partial charge is 0.0765 e. The Morgan fingerprint density at radius 1 is 0.688 bits per heavy atom. The third-order valence-corrected chi connectivity index (χ3v) is 4.16. The molecule has 1 rings (SSSR count). The average Bonchev–Trinajstić information content (AvgIpc) is 2.25. The molecule has 0 aliphatic rings. The fourth-order valence-electron chi connectivity index (χ4n) is 1.42. The first-order chi connectivity index (χ1) is 7.58. The molecule has 0 nitrogen and oxygen atoms in total. The second-order valence-corrected chi connectivity index (χ2v) is 10.6. The van der Waals surface area contributed by atoms with Gasteiger partial charge >= 0.3 is 0 Å². The minimum atomic E-state index is 0.419.